The average molecular weight is 305 g/mol. The van der Waals surface area contributed by atoms with E-state index < -0.39 is 23.9 Å². The number of nitrogens with two attached hydrogens (primary N) is 1. The summed E-state index contributed by atoms with van der Waals surface area (Å²) in [6.45, 7) is 0.502. The maximum atomic E-state index is 11.5. The SMILES string of the molecule is CSCCCCCNC(=O)N[C@H](CCC(N)=O)C(=O)O. The molecule has 8 heteroatoms. The minimum absolute atomic E-state index is 0.00813. The lowest BCUT2D eigenvalue weighted by atomic mass is 10.1. The largest absolute Gasteiger partial charge is 0.480 e. The van der Waals surface area contributed by atoms with Gasteiger partial charge in [-0.1, -0.05) is 6.42 Å². The van der Waals surface area contributed by atoms with Gasteiger partial charge in [0.1, 0.15) is 6.04 Å². The molecule has 0 bridgehead atoms. The lowest BCUT2D eigenvalue weighted by Crippen LogP contribution is -2.46. The molecule has 0 spiro atoms. The van der Waals surface area contributed by atoms with E-state index in [1.54, 1.807) is 11.8 Å². The highest BCUT2D eigenvalue weighted by Crippen LogP contribution is 2.01. The predicted molar refractivity (Wildman–Crippen MR) is 78.6 cm³/mol. The Morgan fingerprint density at radius 3 is 2.50 bits per heavy atom. The topological polar surface area (TPSA) is 122 Å². The molecule has 0 unspecified atom stereocenters. The molecule has 7 nitrogen and oxygen atoms in total. The highest BCUT2D eigenvalue weighted by molar-refractivity contribution is 7.98. The number of amides is 3. The van der Waals surface area contributed by atoms with E-state index in [9.17, 15) is 14.4 Å². The summed E-state index contributed by atoms with van der Waals surface area (Å²) in [5.41, 5.74) is 4.95. The first-order valence-corrected chi connectivity index (χ1v) is 7.91. The van der Waals surface area contributed by atoms with E-state index in [0.29, 0.717) is 6.54 Å². The molecule has 0 aliphatic rings. The van der Waals surface area contributed by atoms with Crippen molar-refractivity contribution in [2.45, 2.75) is 38.1 Å². The molecule has 0 aliphatic heterocycles. The summed E-state index contributed by atoms with van der Waals surface area (Å²) in [4.78, 5) is 33.0. The molecular formula is C12H23N3O4S. The number of urea groups is 1. The number of carbonyl (C=O) groups is 3. The third-order valence-electron chi connectivity index (χ3n) is 2.59. The first kappa shape index (κ1) is 18.6. The minimum atomic E-state index is -1.18. The second-order valence-corrected chi connectivity index (χ2v) is 5.34. The molecule has 0 fully saturated rings. The molecule has 116 valence electrons. The molecule has 5 N–H and O–H groups in total. The van der Waals surface area contributed by atoms with Gasteiger partial charge in [-0.25, -0.2) is 9.59 Å². The number of nitrogens with one attached hydrogen (secondary N) is 2. The van der Waals surface area contributed by atoms with Gasteiger partial charge in [0.25, 0.3) is 0 Å². The van der Waals surface area contributed by atoms with Gasteiger partial charge in [-0.2, -0.15) is 11.8 Å². The Labute approximate surface area is 123 Å². The molecule has 1 atom stereocenters. The van der Waals surface area contributed by atoms with Gasteiger partial charge in [-0.05, 0) is 31.3 Å². The van der Waals surface area contributed by atoms with Gasteiger partial charge in [0.05, 0.1) is 0 Å². The van der Waals surface area contributed by atoms with Crippen LogP contribution in [-0.2, 0) is 9.59 Å². The normalized spacial score (nSPS) is 11.7. The summed E-state index contributed by atoms with van der Waals surface area (Å²) in [6.07, 6.45) is 4.93. The Morgan fingerprint density at radius 1 is 1.25 bits per heavy atom. The average Bonchev–Trinajstić information content (AvgIpc) is 2.38. The van der Waals surface area contributed by atoms with Crippen molar-refractivity contribution in [3.63, 3.8) is 0 Å². The molecule has 0 rings (SSSR count). The number of aliphatic carboxylic acids is 1. The second kappa shape index (κ2) is 11.4. The molecule has 20 heavy (non-hydrogen) atoms. The molecule has 0 aliphatic carbocycles. The van der Waals surface area contributed by atoms with Crippen molar-refractivity contribution < 1.29 is 19.5 Å². The number of primary amides is 1. The van der Waals surface area contributed by atoms with E-state index >= 15 is 0 Å². The smallest absolute Gasteiger partial charge is 0.326 e. The number of carboxylic acids is 1. The van der Waals surface area contributed by atoms with Crippen LogP contribution >= 0.6 is 11.8 Å². The zero-order chi connectivity index (χ0) is 15.4. The van der Waals surface area contributed by atoms with E-state index in [1.807, 2.05) is 6.26 Å². The van der Waals surface area contributed by atoms with Crippen molar-refractivity contribution in [2.75, 3.05) is 18.6 Å². The van der Waals surface area contributed by atoms with Gasteiger partial charge in [0.2, 0.25) is 5.91 Å². The Hall–Kier alpha value is -1.44. The summed E-state index contributed by atoms with van der Waals surface area (Å²) in [6, 6.07) is -1.63. The monoisotopic (exact) mass is 305 g/mol. The van der Waals surface area contributed by atoms with Crippen LogP contribution in [0.25, 0.3) is 0 Å². The summed E-state index contributed by atoms with van der Waals surface area (Å²) in [5, 5.41) is 13.8. The summed E-state index contributed by atoms with van der Waals surface area (Å²) < 4.78 is 0. The number of hydrogen-bond donors (Lipinski definition) is 4. The van der Waals surface area contributed by atoms with Crippen LogP contribution in [0, 0.1) is 0 Å². The van der Waals surface area contributed by atoms with Crippen molar-refractivity contribution in [3.8, 4) is 0 Å². The minimum Gasteiger partial charge on any atom is -0.480 e. The fraction of sp³-hybridized carbons (Fsp3) is 0.750. The Kier molecular flexibility index (Phi) is 10.6. The highest BCUT2D eigenvalue weighted by Gasteiger charge is 2.20. The Balaban J connectivity index is 3.84. The van der Waals surface area contributed by atoms with Gasteiger partial charge in [0.15, 0.2) is 0 Å². The van der Waals surface area contributed by atoms with E-state index in [4.69, 9.17) is 10.8 Å². The molecule has 0 aromatic heterocycles. The molecule has 0 saturated heterocycles. The molecule has 0 heterocycles. The molecular weight excluding hydrogens is 282 g/mol. The molecule has 3 amide bonds. The summed E-state index contributed by atoms with van der Waals surface area (Å²) >= 11 is 1.78. The first-order chi connectivity index (χ1) is 9.47. The van der Waals surface area contributed by atoms with Gasteiger partial charge >= 0.3 is 12.0 Å². The Bertz CT molecular complexity index is 326. The number of carboxylic acid groups (broad SMARTS) is 1. The van der Waals surface area contributed by atoms with E-state index in [-0.39, 0.29) is 12.8 Å². The van der Waals surface area contributed by atoms with Crippen LogP contribution in [0.3, 0.4) is 0 Å². The fourth-order valence-corrected chi connectivity index (χ4v) is 2.00. The molecule has 0 radical (unpaired) electrons. The van der Waals surface area contributed by atoms with Crippen molar-refractivity contribution in [1.82, 2.24) is 10.6 Å². The number of unbranched alkanes of at least 4 members (excludes halogenated alkanes) is 2. The number of hydrogen-bond acceptors (Lipinski definition) is 4. The summed E-state index contributed by atoms with van der Waals surface area (Å²) in [7, 11) is 0. The van der Waals surface area contributed by atoms with Crippen molar-refractivity contribution in [3.05, 3.63) is 0 Å². The fourth-order valence-electron chi connectivity index (χ4n) is 1.50. The zero-order valence-corrected chi connectivity index (χ0v) is 12.5. The number of carbonyl (C=O) groups excluding carboxylic acids is 2. The van der Waals surface area contributed by atoms with Crippen LogP contribution in [0.2, 0.25) is 0 Å². The van der Waals surface area contributed by atoms with Crippen LogP contribution < -0.4 is 16.4 Å². The lowest BCUT2D eigenvalue weighted by molar-refractivity contribution is -0.139. The molecule has 0 aromatic carbocycles. The van der Waals surface area contributed by atoms with Crippen molar-refractivity contribution >= 4 is 29.7 Å². The van der Waals surface area contributed by atoms with Gasteiger partial charge in [-0.15, -0.1) is 0 Å². The summed E-state index contributed by atoms with van der Waals surface area (Å²) in [5.74, 6) is -0.672. The van der Waals surface area contributed by atoms with Gasteiger partial charge in [-0.3, -0.25) is 4.79 Å². The van der Waals surface area contributed by atoms with Crippen LogP contribution in [0.5, 0.6) is 0 Å². The van der Waals surface area contributed by atoms with E-state index in [0.717, 1.165) is 25.0 Å². The number of thioether (sulfide) groups is 1. The maximum Gasteiger partial charge on any atom is 0.326 e. The number of rotatable bonds is 11. The van der Waals surface area contributed by atoms with Crippen LogP contribution in [-0.4, -0.2) is 47.6 Å². The van der Waals surface area contributed by atoms with Crippen molar-refractivity contribution in [2.24, 2.45) is 5.73 Å². The maximum absolute atomic E-state index is 11.5. The molecule has 0 saturated carbocycles. The zero-order valence-electron chi connectivity index (χ0n) is 11.7. The molecule has 0 aromatic rings. The quantitative estimate of drug-likeness (QED) is 0.415. The first-order valence-electron chi connectivity index (χ1n) is 6.51. The standard InChI is InChI=1S/C12H23N3O4S/c1-20-8-4-2-3-7-14-12(19)15-9(11(17)18)5-6-10(13)16/h9H,2-8H2,1H3,(H2,13,16)(H,17,18)(H2,14,15,19)/t9-/m1/s1. The van der Waals surface area contributed by atoms with Gasteiger partial charge in [0, 0.05) is 13.0 Å². The highest BCUT2D eigenvalue weighted by atomic mass is 32.2. The third kappa shape index (κ3) is 10.5. The van der Waals surface area contributed by atoms with Crippen LogP contribution in [0.4, 0.5) is 4.79 Å². The van der Waals surface area contributed by atoms with Crippen molar-refractivity contribution in [1.29, 1.82) is 0 Å². The third-order valence-corrected chi connectivity index (χ3v) is 3.29. The van der Waals surface area contributed by atoms with Crippen LogP contribution in [0.15, 0.2) is 0 Å². The Morgan fingerprint density at radius 2 is 1.95 bits per heavy atom. The second-order valence-electron chi connectivity index (χ2n) is 4.35. The van der Waals surface area contributed by atoms with Gasteiger partial charge < -0.3 is 21.5 Å². The predicted octanol–water partition coefficient (Wildman–Crippen LogP) is 0.538. The van der Waals surface area contributed by atoms with E-state index in [2.05, 4.69) is 10.6 Å². The lowest BCUT2D eigenvalue weighted by Gasteiger charge is -2.14. The van der Waals surface area contributed by atoms with E-state index in [1.165, 1.54) is 0 Å². The van der Waals surface area contributed by atoms with Crippen LogP contribution in [0.1, 0.15) is 32.1 Å².